The smallest absolute Gasteiger partial charge is 0.411 e. The molecule has 12 nitrogen and oxygen atoms in total. The minimum atomic E-state index is -4.11. The van der Waals surface area contributed by atoms with Crippen LogP contribution in [-0.4, -0.2) is 49.8 Å². The summed E-state index contributed by atoms with van der Waals surface area (Å²) in [5, 5.41) is 2.74. The summed E-state index contributed by atoms with van der Waals surface area (Å²) in [6.45, 7) is 5.77. The van der Waals surface area contributed by atoms with E-state index >= 15 is 0 Å². The predicted octanol–water partition coefficient (Wildman–Crippen LogP) is 6.05. The molecular formula is C29H30ClN5O7S. The largest absolute Gasteiger partial charge is 0.497 e. The first kappa shape index (κ1) is 31.3. The lowest BCUT2D eigenvalue weighted by atomic mass is 9.87. The standard InChI is InChI=1S/C29H30ClN5O7S/c1-29(2,3)19-7-10-22(11-8-19)43(37,38)35-26-25(42-24-16-21(39-4)9-12-23(24)30)27(33-18-32-26)40-14-15-41-28(36)34-20-6-5-13-31-17-20/h5-13,16-18H,14-15H2,1-4H3,(H,34,36)(H,32,33,35). The first-order chi connectivity index (χ1) is 20.5. The summed E-state index contributed by atoms with van der Waals surface area (Å²) in [5.41, 5.74) is 1.27. The number of benzene rings is 2. The highest BCUT2D eigenvalue weighted by Crippen LogP contribution is 2.40. The predicted molar refractivity (Wildman–Crippen MR) is 161 cm³/mol. The third kappa shape index (κ3) is 8.46. The van der Waals surface area contributed by atoms with Crippen LogP contribution in [0.4, 0.5) is 16.3 Å². The maximum Gasteiger partial charge on any atom is 0.411 e. The number of nitrogens with zero attached hydrogens (tertiary/aromatic N) is 3. The molecule has 0 radical (unpaired) electrons. The second kappa shape index (κ2) is 13.6. The number of aromatic nitrogens is 3. The molecule has 0 bridgehead atoms. The van der Waals surface area contributed by atoms with E-state index in [1.54, 1.807) is 42.6 Å². The lowest BCUT2D eigenvalue weighted by Gasteiger charge is -2.19. The van der Waals surface area contributed by atoms with Gasteiger partial charge in [-0.1, -0.05) is 44.5 Å². The van der Waals surface area contributed by atoms with Gasteiger partial charge in [-0.2, -0.15) is 4.98 Å². The van der Waals surface area contributed by atoms with Crippen LogP contribution in [0.25, 0.3) is 0 Å². The van der Waals surface area contributed by atoms with Gasteiger partial charge in [0.05, 0.1) is 28.9 Å². The molecule has 0 aliphatic heterocycles. The molecule has 0 saturated heterocycles. The second-order valence-corrected chi connectivity index (χ2v) is 12.1. The number of ether oxygens (including phenoxy) is 4. The molecular weight excluding hydrogens is 598 g/mol. The number of hydrogen-bond donors (Lipinski definition) is 2. The van der Waals surface area contributed by atoms with Crippen LogP contribution in [0.1, 0.15) is 26.3 Å². The number of hydrogen-bond acceptors (Lipinski definition) is 10. The molecule has 0 atom stereocenters. The van der Waals surface area contributed by atoms with E-state index in [0.29, 0.717) is 11.4 Å². The fraction of sp³-hybridized carbons (Fsp3) is 0.241. The Kier molecular flexibility index (Phi) is 9.88. The molecule has 2 heterocycles. The molecule has 0 spiro atoms. The van der Waals surface area contributed by atoms with E-state index in [0.717, 1.165) is 11.9 Å². The van der Waals surface area contributed by atoms with Gasteiger partial charge in [0, 0.05) is 12.3 Å². The van der Waals surface area contributed by atoms with Crippen molar-refractivity contribution in [1.82, 2.24) is 15.0 Å². The number of nitrogens with one attached hydrogen (secondary N) is 2. The maximum atomic E-state index is 13.3. The van der Waals surface area contributed by atoms with E-state index in [9.17, 15) is 13.2 Å². The number of methoxy groups -OCH3 is 1. The van der Waals surface area contributed by atoms with Crippen molar-refractivity contribution in [2.45, 2.75) is 31.1 Å². The van der Waals surface area contributed by atoms with Gasteiger partial charge < -0.3 is 18.9 Å². The number of halogens is 1. The second-order valence-electron chi connectivity index (χ2n) is 9.99. The fourth-order valence-corrected chi connectivity index (χ4v) is 4.78. The van der Waals surface area contributed by atoms with Crippen molar-refractivity contribution in [2.75, 3.05) is 30.4 Å². The zero-order valence-corrected chi connectivity index (χ0v) is 25.4. The molecule has 0 saturated carbocycles. The van der Waals surface area contributed by atoms with Crippen LogP contribution in [-0.2, 0) is 20.2 Å². The molecule has 1 amide bonds. The van der Waals surface area contributed by atoms with Crippen LogP contribution in [0.3, 0.4) is 0 Å². The van der Waals surface area contributed by atoms with Crippen LogP contribution in [0, 0.1) is 0 Å². The summed E-state index contributed by atoms with van der Waals surface area (Å²) < 4.78 is 51.3. The van der Waals surface area contributed by atoms with E-state index < -0.39 is 16.1 Å². The average Bonchev–Trinajstić information content (AvgIpc) is 2.97. The van der Waals surface area contributed by atoms with Gasteiger partial charge in [-0.25, -0.2) is 18.2 Å². The average molecular weight is 628 g/mol. The fourth-order valence-electron chi connectivity index (χ4n) is 3.61. The van der Waals surface area contributed by atoms with Crippen LogP contribution in [0.5, 0.6) is 23.1 Å². The van der Waals surface area contributed by atoms with E-state index in [2.05, 4.69) is 25.0 Å². The Morgan fingerprint density at radius 2 is 1.79 bits per heavy atom. The number of amides is 1. The van der Waals surface area contributed by atoms with Gasteiger partial charge in [0.15, 0.2) is 5.82 Å². The van der Waals surface area contributed by atoms with E-state index in [-0.39, 0.29) is 51.7 Å². The molecule has 0 fully saturated rings. The Hall–Kier alpha value is -4.62. The Morgan fingerprint density at radius 3 is 2.47 bits per heavy atom. The Morgan fingerprint density at radius 1 is 1.02 bits per heavy atom. The highest BCUT2D eigenvalue weighted by atomic mass is 35.5. The van der Waals surface area contributed by atoms with Crippen molar-refractivity contribution in [3.63, 3.8) is 0 Å². The lowest BCUT2D eigenvalue weighted by molar-refractivity contribution is 0.135. The van der Waals surface area contributed by atoms with Crippen molar-refractivity contribution in [3.05, 3.63) is 83.9 Å². The number of anilines is 2. The van der Waals surface area contributed by atoms with Gasteiger partial charge in [-0.3, -0.25) is 15.0 Å². The van der Waals surface area contributed by atoms with Gasteiger partial charge in [-0.15, -0.1) is 0 Å². The third-order valence-electron chi connectivity index (χ3n) is 5.85. The number of sulfonamides is 1. The van der Waals surface area contributed by atoms with E-state index in [4.69, 9.17) is 30.5 Å². The van der Waals surface area contributed by atoms with Crippen LogP contribution in [0.15, 0.2) is 78.2 Å². The van der Waals surface area contributed by atoms with E-state index in [1.807, 2.05) is 20.8 Å². The Balaban J connectivity index is 1.57. The van der Waals surface area contributed by atoms with Crippen molar-refractivity contribution in [3.8, 4) is 23.1 Å². The van der Waals surface area contributed by atoms with Gasteiger partial charge in [0.2, 0.25) is 5.75 Å². The first-order valence-electron chi connectivity index (χ1n) is 12.9. The quantitative estimate of drug-likeness (QED) is 0.188. The summed E-state index contributed by atoms with van der Waals surface area (Å²) in [6.07, 6.45) is 3.42. The molecule has 0 aliphatic rings. The summed E-state index contributed by atoms with van der Waals surface area (Å²) in [5.74, 6) is 0.0490. The van der Waals surface area contributed by atoms with Gasteiger partial charge >= 0.3 is 6.09 Å². The van der Waals surface area contributed by atoms with Gasteiger partial charge in [-0.05, 0) is 47.4 Å². The molecule has 4 rings (SSSR count). The minimum Gasteiger partial charge on any atom is -0.497 e. The van der Waals surface area contributed by atoms with Crippen LogP contribution < -0.4 is 24.2 Å². The first-order valence-corrected chi connectivity index (χ1v) is 14.8. The highest BCUT2D eigenvalue weighted by Gasteiger charge is 2.24. The summed E-state index contributed by atoms with van der Waals surface area (Å²) in [6, 6.07) is 14.5. The highest BCUT2D eigenvalue weighted by molar-refractivity contribution is 7.92. The Bertz CT molecular complexity index is 1670. The molecule has 4 aromatic rings. The van der Waals surface area contributed by atoms with Crippen molar-refractivity contribution in [2.24, 2.45) is 0 Å². The van der Waals surface area contributed by atoms with Crippen LogP contribution >= 0.6 is 11.6 Å². The summed E-state index contributed by atoms with van der Waals surface area (Å²) in [4.78, 5) is 24.2. The molecule has 43 heavy (non-hydrogen) atoms. The molecule has 2 aromatic carbocycles. The maximum absolute atomic E-state index is 13.3. The zero-order valence-electron chi connectivity index (χ0n) is 23.8. The number of carbonyl (C=O) groups is 1. The normalized spacial score (nSPS) is 11.4. The molecule has 14 heteroatoms. The molecule has 0 aliphatic carbocycles. The number of carbonyl (C=O) groups excluding carboxylic acids is 1. The molecule has 2 N–H and O–H groups in total. The summed E-state index contributed by atoms with van der Waals surface area (Å²) >= 11 is 6.35. The topological polar surface area (TPSA) is 151 Å². The number of rotatable bonds is 11. The minimum absolute atomic E-state index is 0.0139. The van der Waals surface area contributed by atoms with Crippen LogP contribution in [0.2, 0.25) is 5.02 Å². The van der Waals surface area contributed by atoms with Crippen molar-refractivity contribution < 1.29 is 32.2 Å². The van der Waals surface area contributed by atoms with Crippen molar-refractivity contribution >= 4 is 39.2 Å². The molecule has 226 valence electrons. The monoisotopic (exact) mass is 627 g/mol. The molecule has 0 unspecified atom stereocenters. The van der Waals surface area contributed by atoms with Crippen molar-refractivity contribution in [1.29, 1.82) is 0 Å². The third-order valence-corrected chi connectivity index (χ3v) is 7.51. The number of pyridine rings is 1. The Labute approximate surface area is 254 Å². The zero-order chi connectivity index (χ0) is 31.0. The van der Waals surface area contributed by atoms with E-state index in [1.165, 1.54) is 31.5 Å². The van der Waals surface area contributed by atoms with Gasteiger partial charge in [0.1, 0.15) is 31.0 Å². The van der Waals surface area contributed by atoms with Gasteiger partial charge in [0.25, 0.3) is 15.9 Å². The SMILES string of the molecule is COc1ccc(Cl)c(Oc2c(NS(=O)(=O)c3ccc(C(C)(C)C)cc3)ncnc2OCCOC(=O)Nc2cccnc2)c1. The summed E-state index contributed by atoms with van der Waals surface area (Å²) in [7, 11) is -2.64. The molecule has 2 aromatic heterocycles. The lowest BCUT2D eigenvalue weighted by Crippen LogP contribution is -2.18.